The Bertz CT molecular complexity index is 466. The van der Waals surface area contributed by atoms with E-state index in [4.69, 9.17) is 14.7 Å². The molecule has 0 fully saturated rings. The number of halogens is 1. The second kappa shape index (κ2) is 6.26. The van der Waals surface area contributed by atoms with E-state index in [1.165, 1.54) is 7.11 Å². The summed E-state index contributed by atoms with van der Waals surface area (Å²) in [6, 6.07) is 5.41. The summed E-state index contributed by atoms with van der Waals surface area (Å²) in [5, 5.41) is 9.03. The van der Waals surface area contributed by atoms with Crippen molar-refractivity contribution < 1.29 is 14.3 Å². The monoisotopic (exact) mass is 297 g/mol. The van der Waals surface area contributed by atoms with Gasteiger partial charge >= 0.3 is 5.97 Å². The first-order chi connectivity index (χ1) is 8.12. The molecule has 17 heavy (non-hydrogen) atoms. The SMILES string of the molecule is CCOC(=O)Cc1cc(OC)cc(Br)c1C#N. The predicted molar refractivity (Wildman–Crippen MR) is 65.7 cm³/mol. The third-order valence-corrected chi connectivity index (χ3v) is 2.76. The van der Waals surface area contributed by atoms with E-state index < -0.39 is 0 Å². The summed E-state index contributed by atoms with van der Waals surface area (Å²) in [6.45, 7) is 2.07. The Morgan fingerprint density at radius 1 is 1.53 bits per heavy atom. The van der Waals surface area contributed by atoms with Crippen molar-refractivity contribution in [3.05, 3.63) is 27.7 Å². The minimum Gasteiger partial charge on any atom is -0.497 e. The number of nitriles is 1. The van der Waals surface area contributed by atoms with Crippen molar-refractivity contribution in [2.45, 2.75) is 13.3 Å². The van der Waals surface area contributed by atoms with Crippen LogP contribution in [0, 0.1) is 11.3 Å². The van der Waals surface area contributed by atoms with Crippen LogP contribution in [0.5, 0.6) is 5.75 Å². The van der Waals surface area contributed by atoms with Crippen molar-refractivity contribution in [2.75, 3.05) is 13.7 Å². The first kappa shape index (κ1) is 13.5. The zero-order chi connectivity index (χ0) is 12.8. The van der Waals surface area contributed by atoms with Gasteiger partial charge in [-0.2, -0.15) is 5.26 Å². The van der Waals surface area contributed by atoms with Crippen molar-refractivity contribution in [1.82, 2.24) is 0 Å². The average Bonchev–Trinajstić information content (AvgIpc) is 2.28. The lowest BCUT2D eigenvalue weighted by atomic mass is 10.1. The Morgan fingerprint density at radius 2 is 2.24 bits per heavy atom. The summed E-state index contributed by atoms with van der Waals surface area (Å²) >= 11 is 3.27. The molecule has 0 bridgehead atoms. The average molecular weight is 298 g/mol. The number of benzene rings is 1. The molecule has 0 amide bonds. The summed E-state index contributed by atoms with van der Waals surface area (Å²) in [6.07, 6.45) is 0.0620. The number of ether oxygens (including phenoxy) is 2. The molecule has 1 rings (SSSR count). The van der Waals surface area contributed by atoms with Gasteiger partial charge < -0.3 is 9.47 Å². The number of rotatable bonds is 4. The van der Waals surface area contributed by atoms with Crippen molar-refractivity contribution in [1.29, 1.82) is 5.26 Å². The Hall–Kier alpha value is -1.54. The molecule has 0 aliphatic rings. The van der Waals surface area contributed by atoms with Gasteiger partial charge in [0.15, 0.2) is 0 Å². The number of methoxy groups -OCH3 is 1. The van der Waals surface area contributed by atoms with Crippen molar-refractivity contribution in [3.8, 4) is 11.8 Å². The van der Waals surface area contributed by atoms with Gasteiger partial charge in [-0.15, -0.1) is 0 Å². The quantitative estimate of drug-likeness (QED) is 0.801. The van der Waals surface area contributed by atoms with E-state index in [9.17, 15) is 4.79 Å². The van der Waals surface area contributed by atoms with Crippen LogP contribution in [0.25, 0.3) is 0 Å². The maximum Gasteiger partial charge on any atom is 0.310 e. The molecule has 0 aromatic heterocycles. The summed E-state index contributed by atoms with van der Waals surface area (Å²) < 4.78 is 10.5. The lowest BCUT2D eigenvalue weighted by Crippen LogP contribution is -2.09. The largest absolute Gasteiger partial charge is 0.497 e. The highest BCUT2D eigenvalue weighted by Gasteiger charge is 2.13. The Morgan fingerprint density at radius 3 is 2.76 bits per heavy atom. The summed E-state index contributed by atoms with van der Waals surface area (Å²) in [5.74, 6) is 0.235. The maximum atomic E-state index is 11.4. The molecule has 1 aromatic rings. The number of esters is 1. The smallest absolute Gasteiger partial charge is 0.310 e. The maximum absolute atomic E-state index is 11.4. The lowest BCUT2D eigenvalue weighted by molar-refractivity contribution is -0.142. The Labute approximate surface area is 108 Å². The summed E-state index contributed by atoms with van der Waals surface area (Å²) in [7, 11) is 1.53. The van der Waals surface area contributed by atoms with Crippen LogP contribution in [-0.2, 0) is 16.0 Å². The van der Waals surface area contributed by atoms with E-state index in [-0.39, 0.29) is 12.4 Å². The van der Waals surface area contributed by atoms with Gasteiger partial charge in [-0.05, 0) is 40.5 Å². The third-order valence-electron chi connectivity index (χ3n) is 2.13. The van der Waals surface area contributed by atoms with Gasteiger partial charge in [-0.1, -0.05) is 0 Å². The molecule has 0 atom stereocenters. The van der Waals surface area contributed by atoms with Gasteiger partial charge in [-0.25, -0.2) is 0 Å². The Balaban J connectivity index is 3.08. The molecular formula is C12H12BrNO3. The number of hydrogen-bond acceptors (Lipinski definition) is 4. The fourth-order valence-electron chi connectivity index (χ4n) is 1.39. The zero-order valence-electron chi connectivity index (χ0n) is 9.62. The molecule has 0 unspecified atom stereocenters. The number of carbonyl (C=O) groups is 1. The fraction of sp³-hybridized carbons (Fsp3) is 0.333. The van der Waals surface area contributed by atoms with Crippen LogP contribution in [0.15, 0.2) is 16.6 Å². The first-order valence-electron chi connectivity index (χ1n) is 5.04. The molecule has 0 N–H and O–H groups in total. The minimum absolute atomic E-state index is 0.0620. The first-order valence-corrected chi connectivity index (χ1v) is 5.83. The van der Waals surface area contributed by atoms with Crippen LogP contribution >= 0.6 is 15.9 Å². The van der Waals surface area contributed by atoms with Gasteiger partial charge in [0.05, 0.1) is 25.7 Å². The molecule has 0 aliphatic heterocycles. The van der Waals surface area contributed by atoms with Gasteiger partial charge in [0, 0.05) is 4.47 Å². The lowest BCUT2D eigenvalue weighted by Gasteiger charge is -2.08. The molecule has 0 radical (unpaired) electrons. The van der Waals surface area contributed by atoms with Gasteiger partial charge in [0.1, 0.15) is 11.8 Å². The van der Waals surface area contributed by atoms with Crippen molar-refractivity contribution >= 4 is 21.9 Å². The molecule has 5 heteroatoms. The van der Waals surface area contributed by atoms with Crippen LogP contribution in [0.3, 0.4) is 0 Å². The molecule has 90 valence electrons. The van der Waals surface area contributed by atoms with E-state index in [0.29, 0.717) is 28.0 Å². The van der Waals surface area contributed by atoms with E-state index >= 15 is 0 Å². The van der Waals surface area contributed by atoms with Crippen LogP contribution in [-0.4, -0.2) is 19.7 Å². The topological polar surface area (TPSA) is 59.3 Å². The van der Waals surface area contributed by atoms with E-state index in [2.05, 4.69) is 22.0 Å². The molecule has 0 saturated heterocycles. The predicted octanol–water partition coefficient (Wildman–Crippen LogP) is 2.43. The van der Waals surface area contributed by atoms with E-state index in [1.54, 1.807) is 19.1 Å². The molecule has 0 aliphatic carbocycles. The van der Waals surface area contributed by atoms with Crippen LogP contribution in [0.4, 0.5) is 0 Å². The second-order valence-electron chi connectivity index (χ2n) is 3.24. The van der Waals surface area contributed by atoms with Gasteiger partial charge in [0.2, 0.25) is 0 Å². The normalized spacial score (nSPS) is 9.53. The third kappa shape index (κ3) is 3.46. The van der Waals surface area contributed by atoms with Crippen LogP contribution < -0.4 is 4.74 Å². The van der Waals surface area contributed by atoms with E-state index in [1.807, 2.05) is 0 Å². The standard InChI is InChI=1S/C12H12BrNO3/c1-3-17-12(15)5-8-4-9(16-2)6-11(13)10(8)7-14/h4,6H,3,5H2,1-2H3. The molecular weight excluding hydrogens is 286 g/mol. The second-order valence-corrected chi connectivity index (χ2v) is 4.09. The highest BCUT2D eigenvalue weighted by atomic mass is 79.9. The zero-order valence-corrected chi connectivity index (χ0v) is 11.2. The number of hydrogen-bond donors (Lipinski definition) is 0. The molecule has 0 saturated carbocycles. The van der Waals surface area contributed by atoms with Gasteiger partial charge in [-0.3, -0.25) is 4.79 Å². The molecule has 0 heterocycles. The molecule has 4 nitrogen and oxygen atoms in total. The van der Waals surface area contributed by atoms with Gasteiger partial charge in [0.25, 0.3) is 0 Å². The Kier molecular flexibility index (Phi) is 4.98. The van der Waals surface area contributed by atoms with Crippen LogP contribution in [0.2, 0.25) is 0 Å². The van der Waals surface area contributed by atoms with Crippen molar-refractivity contribution in [3.63, 3.8) is 0 Å². The highest BCUT2D eigenvalue weighted by molar-refractivity contribution is 9.10. The van der Waals surface area contributed by atoms with Crippen molar-refractivity contribution in [2.24, 2.45) is 0 Å². The molecule has 1 aromatic carbocycles. The highest BCUT2D eigenvalue weighted by Crippen LogP contribution is 2.27. The minimum atomic E-state index is -0.357. The summed E-state index contributed by atoms with van der Waals surface area (Å²) in [4.78, 5) is 11.4. The number of nitrogens with zero attached hydrogens (tertiary/aromatic N) is 1. The molecule has 0 spiro atoms. The fourth-order valence-corrected chi connectivity index (χ4v) is 1.95. The van der Waals surface area contributed by atoms with Crippen LogP contribution in [0.1, 0.15) is 18.1 Å². The number of carbonyl (C=O) groups excluding carboxylic acids is 1. The van der Waals surface area contributed by atoms with E-state index in [0.717, 1.165) is 0 Å². The summed E-state index contributed by atoms with van der Waals surface area (Å²) in [5.41, 5.74) is 1.02.